The summed E-state index contributed by atoms with van der Waals surface area (Å²) < 4.78 is 0. The van der Waals surface area contributed by atoms with Crippen molar-refractivity contribution < 1.29 is 9.90 Å². The molecular weight excluding hydrogens is 228 g/mol. The molecule has 0 saturated heterocycles. The van der Waals surface area contributed by atoms with Gasteiger partial charge < -0.3 is 10.0 Å². The summed E-state index contributed by atoms with van der Waals surface area (Å²) in [5, 5.41) is 7.42. The van der Waals surface area contributed by atoms with Crippen LogP contribution < -0.4 is 0 Å². The number of hydrogen-bond donors (Lipinski definition) is 1. The quantitative estimate of drug-likeness (QED) is 0.662. The number of carboxylic acid groups (broad SMARTS) is 1. The van der Waals surface area contributed by atoms with Crippen molar-refractivity contribution in [1.82, 2.24) is 4.90 Å². The molecule has 0 aliphatic heterocycles. The Bertz CT molecular complexity index is 367. The summed E-state index contributed by atoms with van der Waals surface area (Å²) in [6.45, 7) is 9.46. The Kier molecular flexibility index (Phi) is 8.27. The van der Waals surface area contributed by atoms with E-state index in [1.54, 1.807) is 0 Å². The lowest BCUT2D eigenvalue weighted by atomic mass is 10.3. The normalized spacial score (nSPS) is 10.3. The zero-order valence-corrected chi connectivity index (χ0v) is 11.6. The molecule has 0 aromatic heterocycles. The molecule has 1 aromatic rings. The minimum Gasteiger partial charge on any atom is -0.481 e. The molecule has 0 aliphatic carbocycles. The van der Waals surface area contributed by atoms with Gasteiger partial charge in [-0.2, -0.15) is 0 Å². The number of nitrogens with zero attached hydrogens (tertiary/aromatic N) is 2. The molecule has 4 heteroatoms. The van der Waals surface area contributed by atoms with E-state index in [0.717, 1.165) is 31.5 Å². The summed E-state index contributed by atoms with van der Waals surface area (Å²) in [4.78, 5) is 15.8. The van der Waals surface area contributed by atoms with E-state index < -0.39 is 5.97 Å². The standard InChI is InChI=1S/C12H18N2.C2H4O2/c1-4-14(5-2)11(3)13-12-9-7-6-8-10-12;1-2(3)4/h6-10H,4-5H2,1-3H3;1H3,(H,3,4). The van der Waals surface area contributed by atoms with Crippen LogP contribution in [-0.4, -0.2) is 34.9 Å². The molecule has 4 nitrogen and oxygen atoms in total. The zero-order valence-electron chi connectivity index (χ0n) is 11.6. The SMILES string of the molecule is CC(=O)O.CCN(CC)C(C)=Nc1ccccc1. The number of carboxylic acids is 1. The third kappa shape index (κ3) is 7.44. The molecule has 0 heterocycles. The van der Waals surface area contributed by atoms with Crippen molar-refractivity contribution in [3.63, 3.8) is 0 Å². The molecule has 0 amide bonds. The van der Waals surface area contributed by atoms with Crippen molar-refractivity contribution in [2.45, 2.75) is 27.7 Å². The number of benzene rings is 1. The fourth-order valence-corrected chi connectivity index (χ4v) is 1.44. The van der Waals surface area contributed by atoms with Crippen LogP contribution in [0.3, 0.4) is 0 Å². The van der Waals surface area contributed by atoms with Gasteiger partial charge >= 0.3 is 0 Å². The maximum atomic E-state index is 9.00. The van der Waals surface area contributed by atoms with Gasteiger partial charge in [-0.15, -0.1) is 0 Å². The minimum atomic E-state index is -0.833. The first-order chi connectivity index (χ1) is 8.51. The molecule has 0 saturated carbocycles. The van der Waals surface area contributed by atoms with E-state index in [1.165, 1.54) is 0 Å². The van der Waals surface area contributed by atoms with Gasteiger partial charge in [-0.05, 0) is 32.9 Å². The van der Waals surface area contributed by atoms with Crippen molar-refractivity contribution in [3.8, 4) is 0 Å². The second-order valence-electron chi connectivity index (χ2n) is 3.69. The molecule has 1 rings (SSSR count). The van der Waals surface area contributed by atoms with Crippen molar-refractivity contribution in [2.24, 2.45) is 4.99 Å². The molecular formula is C14H22N2O2. The maximum Gasteiger partial charge on any atom is 0.300 e. The van der Waals surface area contributed by atoms with E-state index in [1.807, 2.05) is 30.3 Å². The maximum absolute atomic E-state index is 9.00. The first-order valence-corrected chi connectivity index (χ1v) is 6.06. The smallest absolute Gasteiger partial charge is 0.300 e. The van der Waals surface area contributed by atoms with Crippen LogP contribution >= 0.6 is 0 Å². The molecule has 18 heavy (non-hydrogen) atoms. The highest BCUT2D eigenvalue weighted by atomic mass is 16.4. The summed E-state index contributed by atoms with van der Waals surface area (Å²) in [5.41, 5.74) is 1.02. The summed E-state index contributed by atoms with van der Waals surface area (Å²) in [6.07, 6.45) is 0. The van der Waals surface area contributed by atoms with E-state index in [2.05, 4.69) is 30.7 Å². The van der Waals surface area contributed by atoms with Crippen LogP contribution in [0.5, 0.6) is 0 Å². The van der Waals surface area contributed by atoms with Gasteiger partial charge in [0.2, 0.25) is 0 Å². The largest absolute Gasteiger partial charge is 0.481 e. The van der Waals surface area contributed by atoms with E-state index >= 15 is 0 Å². The van der Waals surface area contributed by atoms with Gasteiger partial charge in [0.1, 0.15) is 5.84 Å². The molecule has 0 unspecified atom stereocenters. The fourth-order valence-electron chi connectivity index (χ4n) is 1.44. The predicted octanol–water partition coefficient (Wildman–Crippen LogP) is 3.17. The van der Waals surface area contributed by atoms with Crippen LogP contribution in [0.2, 0.25) is 0 Å². The molecule has 0 bridgehead atoms. The molecule has 0 spiro atoms. The Morgan fingerprint density at radius 3 is 2.00 bits per heavy atom. The lowest BCUT2D eigenvalue weighted by Crippen LogP contribution is -2.27. The Hall–Kier alpha value is -1.84. The molecule has 1 N–H and O–H groups in total. The average molecular weight is 250 g/mol. The van der Waals surface area contributed by atoms with Crippen molar-refractivity contribution in [2.75, 3.05) is 13.1 Å². The van der Waals surface area contributed by atoms with Crippen LogP contribution in [0, 0.1) is 0 Å². The zero-order chi connectivity index (χ0) is 14.0. The van der Waals surface area contributed by atoms with Crippen LogP contribution in [0.25, 0.3) is 0 Å². The number of amidine groups is 1. The van der Waals surface area contributed by atoms with Gasteiger partial charge in [0.05, 0.1) is 5.69 Å². The highest BCUT2D eigenvalue weighted by Crippen LogP contribution is 2.10. The van der Waals surface area contributed by atoms with Gasteiger partial charge in [0.25, 0.3) is 5.97 Å². The Balaban J connectivity index is 0.000000631. The molecule has 100 valence electrons. The third-order valence-corrected chi connectivity index (χ3v) is 2.27. The second-order valence-corrected chi connectivity index (χ2v) is 3.69. The number of carbonyl (C=O) groups is 1. The fraction of sp³-hybridized carbons (Fsp3) is 0.429. The van der Waals surface area contributed by atoms with E-state index in [4.69, 9.17) is 9.90 Å². The summed E-state index contributed by atoms with van der Waals surface area (Å²) >= 11 is 0. The van der Waals surface area contributed by atoms with Gasteiger partial charge in [0, 0.05) is 20.0 Å². The monoisotopic (exact) mass is 250 g/mol. The summed E-state index contributed by atoms with van der Waals surface area (Å²) in [6, 6.07) is 10.1. The Labute approximate surface area is 109 Å². The van der Waals surface area contributed by atoms with Crippen LogP contribution in [0.1, 0.15) is 27.7 Å². The van der Waals surface area contributed by atoms with Crippen molar-refractivity contribution >= 4 is 17.5 Å². The molecule has 1 aromatic carbocycles. The third-order valence-electron chi connectivity index (χ3n) is 2.27. The minimum absolute atomic E-state index is 0.833. The summed E-state index contributed by atoms with van der Waals surface area (Å²) in [7, 11) is 0. The predicted molar refractivity (Wildman–Crippen MR) is 75.4 cm³/mol. The average Bonchev–Trinajstić information content (AvgIpc) is 2.31. The van der Waals surface area contributed by atoms with Crippen molar-refractivity contribution in [1.29, 1.82) is 0 Å². The van der Waals surface area contributed by atoms with E-state index in [9.17, 15) is 0 Å². The lowest BCUT2D eigenvalue weighted by Gasteiger charge is -2.19. The first-order valence-electron chi connectivity index (χ1n) is 6.06. The van der Waals surface area contributed by atoms with Crippen LogP contribution in [0.15, 0.2) is 35.3 Å². The van der Waals surface area contributed by atoms with Gasteiger partial charge in [-0.25, -0.2) is 4.99 Å². The van der Waals surface area contributed by atoms with Gasteiger partial charge in [-0.1, -0.05) is 18.2 Å². The molecule has 0 aliphatic rings. The van der Waals surface area contributed by atoms with Gasteiger partial charge in [0.15, 0.2) is 0 Å². The van der Waals surface area contributed by atoms with Crippen LogP contribution in [0.4, 0.5) is 5.69 Å². The number of rotatable bonds is 3. The molecule has 0 radical (unpaired) electrons. The lowest BCUT2D eigenvalue weighted by molar-refractivity contribution is -0.134. The summed E-state index contributed by atoms with van der Waals surface area (Å²) in [5.74, 6) is 0.251. The highest BCUT2D eigenvalue weighted by molar-refractivity contribution is 5.82. The number of para-hydroxylation sites is 1. The van der Waals surface area contributed by atoms with Gasteiger partial charge in [-0.3, -0.25) is 4.79 Å². The van der Waals surface area contributed by atoms with E-state index in [0.29, 0.717) is 0 Å². The Morgan fingerprint density at radius 1 is 1.17 bits per heavy atom. The number of aliphatic imine (C=N–C) groups is 1. The highest BCUT2D eigenvalue weighted by Gasteiger charge is 2.00. The molecule has 0 atom stereocenters. The van der Waals surface area contributed by atoms with Crippen molar-refractivity contribution in [3.05, 3.63) is 30.3 Å². The number of hydrogen-bond acceptors (Lipinski definition) is 2. The first kappa shape index (κ1) is 16.2. The second kappa shape index (κ2) is 9.22. The Morgan fingerprint density at radius 2 is 1.61 bits per heavy atom. The number of aliphatic carboxylic acids is 1. The molecule has 0 fully saturated rings. The van der Waals surface area contributed by atoms with E-state index in [-0.39, 0.29) is 0 Å². The topological polar surface area (TPSA) is 52.9 Å². The van der Waals surface area contributed by atoms with Crippen LogP contribution in [-0.2, 0) is 4.79 Å².